The van der Waals surface area contributed by atoms with Crippen LogP contribution in [0.2, 0.25) is 0 Å². The van der Waals surface area contributed by atoms with Gasteiger partial charge >= 0.3 is 0 Å². The third kappa shape index (κ3) is 3.67. The Hall–Kier alpha value is -1.02. The first kappa shape index (κ1) is 20.7. The van der Waals surface area contributed by atoms with Gasteiger partial charge in [-0.05, 0) is 44.7 Å². The third-order valence-electron chi connectivity index (χ3n) is 6.52. The van der Waals surface area contributed by atoms with Crippen molar-refractivity contribution in [2.75, 3.05) is 20.3 Å². The number of benzene rings is 1. The van der Waals surface area contributed by atoms with Crippen molar-refractivity contribution < 1.29 is 9.47 Å². The summed E-state index contributed by atoms with van der Waals surface area (Å²) in [5, 5.41) is 7.18. The van der Waals surface area contributed by atoms with Crippen molar-refractivity contribution in [3.63, 3.8) is 0 Å². The van der Waals surface area contributed by atoms with Crippen molar-refractivity contribution in [1.29, 1.82) is 0 Å². The van der Waals surface area contributed by atoms with Gasteiger partial charge in [-0.25, -0.2) is 4.99 Å². The summed E-state index contributed by atoms with van der Waals surface area (Å²) in [6, 6.07) is 6.80. The number of nitrogens with zero attached hydrogens (tertiary/aromatic N) is 1. The lowest BCUT2D eigenvalue weighted by Gasteiger charge is -2.63. The second-order valence-corrected chi connectivity index (χ2v) is 7.96. The van der Waals surface area contributed by atoms with Gasteiger partial charge in [-0.15, -0.1) is 24.0 Å². The molecule has 1 aromatic carbocycles. The van der Waals surface area contributed by atoms with Crippen LogP contribution in [-0.2, 0) is 11.3 Å². The number of aliphatic imine (C=N–C) groups is 1. The topological polar surface area (TPSA) is 54.9 Å². The van der Waals surface area contributed by atoms with Crippen LogP contribution in [0.15, 0.2) is 23.2 Å². The maximum Gasteiger partial charge on any atom is 0.191 e. The molecule has 4 rings (SSSR count). The zero-order chi connectivity index (χ0) is 18.1. The molecule has 1 spiro atoms. The number of hydrogen-bond donors (Lipinski definition) is 2. The predicted octanol–water partition coefficient (Wildman–Crippen LogP) is 3.63. The van der Waals surface area contributed by atoms with Crippen LogP contribution < -0.4 is 15.4 Å². The highest BCUT2D eigenvalue weighted by Crippen LogP contribution is 2.62. The zero-order valence-electron chi connectivity index (χ0n) is 16.6. The molecule has 27 heavy (non-hydrogen) atoms. The van der Waals surface area contributed by atoms with E-state index in [2.05, 4.69) is 42.7 Å². The second kappa shape index (κ2) is 8.55. The molecule has 0 bridgehead atoms. The molecule has 3 aliphatic rings. The predicted molar refractivity (Wildman–Crippen MR) is 119 cm³/mol. The molecule has 0 aromatic heterocycles. The van der Waals surface area contributed by atoms with Crippen LogP contribution in [0, 0.1) is 18.3 Å². The van der Waals surface area contributed by atoms with Gasteiger partial charge in [0.1, 0.15) is 5.75 Å². The molecule has 2 aliphatic carbocycles. The Kier molecular flexibility index (Phi) is 6.56. The number of rotatable bonds is 5. The van der Waals surface area contributed by atoms with Crippen molar-refractivity contribution in [1.82, 2.24) is 10.6 Å². The molecule has 5 nitrogen and oxygen atoms in total. The fraction of sp³-hybridized carbons (Fsp3) is 0.667. The lowest BCUT2D eigenvalue weighted by molar-refractivity contribution is -0.171. The third-order valence-corrected chi connectivity index (χ3v) is 6.52. The van der Waals surface area contributed by atoms with E-state index in [-0.39, 0.29) is 24.0 Å². The summed E-state index contributed by atoms with van der Waals surface area (Å²) in [4.78, 5) is 4.86. The highest BCUT2D eigenvalue weighted by Gasteiger charge is 2.66. The van der Waals surface area contributed by atoms with Gasteiger partial charge in [0.15, 0.2) is 5.96 Å². The van der Waals surface area contributed by atoms with E-state index < -0.39 is 0 Å². The summed E-state index contributed by atoms with van der Waals surface area (Å²) in [5.41, 5.74) is 2.68. The van der Waals surface area contributed by atoms with Crippen molar-refractivity contribution >= 4 is 29.9 Å². The van der Waals surface area contributed by atoms with Crippen LogP contribution in [-0.4, -0.2) is 38.4 Å². The minimum atomic E-state index is 0. The molecule has 1 aromatic rings. The molecule has 3 atom stereocenters. The minimum absolute atomic E-state index is 0. The highest BCUT2D eigenvalue weighted by atomic mass is 127. The number of aryl methyl sites for hydroxylation is 1. The number of halogens is 1. The van der Waals surface area contributed by atoms with Crippen LogP contribution in [0.5, 0.6) is 5.75 Å². The average Bonchev–Trinajstić information content (AvgIpc) is 3.01. The SMILES string of the molecule is CCNC(=NCc1ccc(C)cc1OC)NC1C2CCOC2C12CCC2.I. The Morgan fingerprint density at radius 1 is 1.37 bits per heavy atom. The number of ether oxygens (including phenoxy) is 2. The number of guanidine groups is 1. The largest absolute Gasteiger partial charge is 0.496 e. The summed E-state index contributed by atoms with van der Waals surface area (Å²) in [6.07, 6.45) is 5.57. The summed E-state index contributed by atoms with van der Waals surface area (Å²) in [5.74, 6) is 2.47. The molecule has 2 saturated carbocycles. The molecule has 1 heterocycles. The van der Waals surface area contributed by atoms with Crippen molar-refractivity contribution in [3.05, 3.63) is 29.3 Å². The lowest BCUT2D eigenvalue weighted by Crippen LogP contribution is -2.72. The van der Waals surface area contributed by atoms with Gasteiger partial charge in [0.2, 0.25) is 0 Å². The Morgan fingerprint density at radius 2 is 2.19 bits per heavy atom. The number of hydrogen-bond acceptors (Lipinski definition) is 3. The summed E-state index contributed by atoms with van der Waals surface area (Å²) in [7, 11) is 1.72. The van der Waals surface area contributed by atoms with Gasteiger partial charge < -0.3 is 20.1 Å². The van der Waals surface area contributed by atoms with E-state index in [0.29, 0.717) is 30.0 Å². The monoisotopic (exact) mass is 485 g/mol. The summed E-state index contributed by atoms with van der Waals surface area (Å²) < 4.78 is 11.6. The van der Waals surface area contributed by atoms with Crippen LogP contribution in [0.25, 0.3) is 0 Å². The smallest absolute Gasteiger partial charge is 0.191 e. The van der Waals surface area contributed by atoms with Crippen LogP contribution in [0.1, 0.15) is 43.7 Å². The fourth-order valence-electron chi connectivity index (χ4n) is 5.07. The Bertz CT molecular complexity index is 690. The lowest BCUT2D eigenvalue weighted by atomic mass is 9.46. The Balaban J connectivity index is 0.00000210. The molecular formula is C21H32IN3O2. The van der Waals surface area contributed by atoms with Gasteiger partial charge in [0.25, 0.3) is 0 Å². The van der Waals surface area contributed by atoms with Crippen LogP contribution in [0.4, 0.5) is 0 Å². The van der Waals surface area contributed by atoms with Crippen LogP contribution in [0.3, 0.4) is 0 Å². The van der Waals surface area contributed by atoms with Crippen molar-refractivity contribution in [3.8, 4) is 5.75 Å². The van der Waals surface area contributed by atoms with Gasteiger partial charge in [-0.3, -0.25) is 0 Å². The number of nitrogens with one attached hydrogen (secondary N) is 2. The molecule has 150 valence electrons. The molecule has 2 N–H and O–H groups in total. The maximum atomic E-state index is 6.04. The average molecular weight is 485 g/mol. The quantitative estimate of drug-likeness (QED) is 0.380. The Labute approximate surface area is 179 Å². The van der Waals surface area contributed by atoms with Gasteiger partial charge in [-0.2, -0.15) is 0 Å². The molecule has 1 saturated heterocycles. The standard InChI is InChI=1S/C21H31N3O2.HI/c1-4-22-20(23-13-15-7-6-14(2)12-17(15)25-3)24-18-16-8-11-26-19(16)21(18)9-5-10-21;/h6-7,12,16,18-19H,4-5,8-11,13H2,1-3H3,(H2,22,23,24);1H. The van der Waals surface area contributed by atoms with E-state index in [1.807, 2.05) is 0 Å². The zero-order valence-corrected chi connectivity index (χ0v) is 18.9. The van der Waals surface area contributed by atoms with Crippen molar-refractivity contribution in [2.24, 2.45) is 16.3 Å². The minimum Gasteiger partial charge on any atom is -0.496 e. The molecule has 0 amide bonds. The van der Waals surface area contributed by atoms with Crippen LogP contribution >= 0.6 is 24.0 Å². The first-order valence-electron chi connectivity index (χ1n) is 9.98. The normalized spacial score (nSPS) is 27.8. The summed E-state index contributed by atoms with van der Waals surface area (Å²) >= 11 is 0. The van der Waals surface area contributed by atoms with E-state index in [0.717, 1.165) is 30.4 Å². The molecule has 3 fully saturated rings. The molecule has 1 aliphatic heterocycles. The van der Waals surface area contributed by atoms with Crippen molar-refractivity contribution in [2.45, 2.75) is 58.2 Å². The fourth-order valence-corrected chi connectivity index (χ4v) is 5.07. The number of fused-ring (bicyclic) bond motifs is 2. The van der Waals surface area contributed by atoms with E-state index >= 15 is 0 Å². The first-order valence-corrected chi connectivity index (χ1v) is 9.98. The van der Waals surface area contributed by atoms with Gasteiger partial charge in [-0.1, -0.05) is 18.6 Å². The second-order valence-electron chi connectivity index (χ2n) is 7.96. The first-order chi connectivity index (χ1) is 12.7. The molecule has 6 heteroatoms. The maximum absolute atomic E-state index is 6.04. The molecule has 3 unspecified atom stereocenters. The molecular weight excluding hydrogens is 453 g/mol. The Morgan fingerprint density at radius 3 is 2.85 bits per heavy atom. The summed E-state index contributed by atoms with van der Waals surface area (Å²) in [6.45, 7) is 6.59. The van der Waals surface area contributed by atoms with E-state index in [1.165, 1.54) is 31.2 Å². The molecule has 0 radical (unpaired) electrons. The van der Waals surface area contributed by atoms with E-state index in [9.17, 15) is 0 Å². The highest BCUT2D eigenvalue weighted by molar-refractivity contribution is 14.0. The van der Waals surface area contributed by atoms with Gasteiger partial charge in [0.05, 0.1) is 19.8 Å². The number of methoxy groups -OCH3 is 1. The van der Waals surface area contributed by atoms with E-state index in [1.54, 1.807) is 7.11 Å². The van der Waals surface area contributed by atoms with E-state index in [4.69, 9.17) is 14.5 Å². The van der Waals surface area contributed by atoms with Gasteiger partial charge in [0, 0.05) is 36.1 Å².